The van der Waals surface area contributed by atoms with E-state index in [-0.39, 0.29) is 23.0 Å². The Bertz CT molecular complexity index is 1230. The van der Waals surface area contributed by atoms with Gasteiger partial charge in [-0.15, -0.1) is 0 Å². The van der Waals surface area contributed by atoms with E-state index in [1.165, 1.54) is 16.6 Å². The fourth-order valence-electron chi connectivity index (χ4n) is 3.93. The van der Waals surface area contributed by atoms with Crippen molar-refractivity contribution in [3.63, 3.8) is 0 Å². The van der Waals surface area contributed by atoms with Gasteiger partial charge in [-0.05, 0) is 38.0 Å². The molecule has 9 nitrogen and oxygen atoms in total. The van der Waals surface area contributed by atoms with Gasteiger partial charge in [-0.25, -0.2) is 13.3 Å². The fourth-order valence-corrected chi connectivity index (χ4v) is 3.93. The monoisotopic (exact) mass is 469 g/mol. The number of allylic oxidation sites excluding steroid dienone is 1. The van der Waals surface area contributed by atoms with Crippen LogP contribution in [0.25, 0.3) is 11.2 Å². The minimum atomic E-state index is -0.955. The molecule has 178 valence electrons. The minimum Gasteiger partial charge on any atom is -0.479 e. The highest BCUT2D eigenvalue weighted by Gasteiger charge is 2.21. The van der Waals surface area contributed by atoms with E-state index < -0.39 is 24.3 Å². The van der Waals surface area contributed by atoms with Gasteiger partial charge in [-0.1, -0.05) is 0 Å². The molecule has 0 aromatic carbocycles. The third kappa shape index (κ3) is 4.87. The number of piperidine rings is 1. The maximum atomic E-state index is 14.5. The highest BCUT2D eigenvalue weighted by Crippen LogP contribution is 2.30. The first kappa shape index (κ1) is 23.3. The Labute approximate surface area is 195 Å². The van der Waals surface area contributed by atoms with Gasteiger partial charge < -0.3 is 25.8 Å². The normalized spacial score (nSPS) is 16.1. The zero-order chi connectivity index (χ0) is 24.2. The third-order valence-electron chi connectivity index (χ3n) is 5.82. The first-order valence-electron chi connectivity index (χ1n) is 10.8. The lowest BCUT2D eigenvalue weighted by atomic mass is 10.0. The summed E-state index contributed by atoms with van der Waals surface area (Å²) >= 11 is 0. The molecule has 4 N–H and O–H groups in total. The molecule has 11 heteroatoms. The van der Waals surface area contributed by atoms with Gasteiger partial charge >= 0.3 is 0 Å². The number of halogens is 2. The average molecular weight is 469 g/mol. The summed E-state index contributed by atoms with van der Waals surface area (Å²) in [5.41, 5.74) is 8.48. The van der Waals surface area contributed by atoms with Crippen LogP contribution in [-0.2, 0) is 0 Å². The van der Waals surface area contributed by atoms with Crippen molar-refractivity contribution in [3.05, 3.63) is 65.4 Å². The van der Waals surface area contributed by atoms with Gasteiger partial charge in [0.25, 0.3) is 0 Å². The van der Waals surface area contributed by atoms with Crippen LogP contribution in [0.3, 0.4) is 0 Å². The number of hydrogen-bond acceptors (Lipinski definition) is 8. The Morgan fingerprint density at radius 3 is 2.76 bits per heavy atom. The van der Waals surface area contributed by atoms with Crippen LogP contribution in [0, 0.1) is 23.1 Å². The van der Waals surface area contributed by atoms with Crippen LogP contribution in [0.5, 0.6) is 5.75 Å². The smallest absolute Gasteiger partial charge is 0.179 e. The van der Waals surface area contributed by atoms with Gasteiger partial charge in [-0.3, -0.25) is 4.98 Å². The predicted molar refractivity (Wildman–Crippen MR) is 120 cm³/mol. The number of nitrogens with zero attached hydrogens (tertiary/aromatic N) is 5. The number of aromatic nitrogens is 3. The molecule has 34 heavy (non-hydrogen) atoms. The van der Waals surface area contributed by atoms with Crippen LogP contribution in [0.4, 0.5) is 8.78 Å². The second-order valence-corrected chi connectivity index (χ2v) is 8.11. The first-order chi connectivity index (χ1) is 16.4. The van der Waals surface area contributed by atoms with Crippen molar-refractivity contribution in [2.45, 2.75) is 31.9 Å². The summed E-state index contributed by atoms with van der Waals surface area (Å²) < 4.78 is 35.0. The SMILES string of the molecule is C/C(NC1CCN(C#N)CC1)=C(/N)c1cc(OC(CO)c2ccc(F)cn2)c2c(F)cnn2c1. The summed E-state index contributed by atoms with van der Waals surface area (Å²) in [6.07, 6.45) is 6.48. The molecular formula is C23H25F2N7O2. The molecule has 1 atom stereocenters. The van der Waals surface area contributed by atoms with Gasteiger partial charge in [-0.2, -0.15) is 10.4 Å². The van der Waals surface area contributed by atoms with Crippen molar-refractivity contribution in [3.8, 4) is 11.9 Å². The maximum absolute atomic E-state index is 14.5. The molecule has 0 aliphatic carbocycles. The summed E-state index contributed by atoms with van der Waals surface area (Å²) in [5, 5.41) is 26.3. The van der Waals surface area contributed by atoms with Gasteiger partial charge in [0, 0.05) is 36.6 Å². The zero-order valence-corrected chi connectivity index (χ0v) is 18.6. The molecule has 1 saturated heterocycles. The number of pyridine rings is 2. The van der Waals surface area contributed by atoms with Crippen LogP contribution < -0.4 is 15.8 Å². The van der Waals surface area contributed by atoms with Crippen molar-refractivity contribution in [1.29, 1.82) is 5.26 Å². The number of nitriles is 1. The molecule has 0 radical (unpaired) electrons. The number of fused-ring (bicyclic) bond motifs is 1. The molecule has 0 saturated carbocycles. The number of rotatable bonds is 7. The molecule has 0 amide bonds. The van der Waals surface area contributed by atoms with E-state index in [9.17, 15) is 13.9 Å². The lowest BCUT2D eigenvalue weighted by Crippen LogP contribution is -2.40. The number of ether oxygens (including phenoxy) is 1. The molecule has 0 spiro atoms. The van der Waals surface area contributed by atoms with Crippen LogP contribution in [0.2, 0.25) is 0 Å². The summed E-state index contributed by atoms with van der Waals surface area (Å²) in [7, 11) is 0. The van der Waals surface area contributed by atoms with Gasteiger partial charge in [0.15, 0.2) is 18.1 Å². The topological polar surface area (TPSA) is 125 Å². The Balaban J connectivity index is 1.63. The molecular weight excluding hydrogens is 444 g/mol. The molecule has 3 aromatic rings. The Kier molecular flexibility index (Phi) is 6.79. The molecule has 1 aliphatic rings. The largest absolute Gasteiger partial charge is 0.479 e. The number of aliphatic hydroxyl groups excluding tert-OH is 1. The third-order valence-corrected chi connectivity index (χ3v) is 5.82. The van der Waals surface area contributed by atoms with E-state index in [1.54, 1.807) is 17.2 Å². The summed E-state index contributed by atoms with van der Waals surface area (Å²) in [6, 6.07) is 4.35. The van der Waals surface area contributed by atoms with Crippen LogP contribution >= 0.6 is 0 Å². The van der Waals surface area contributed by atoms with Crippen molar-refractivity contribution < 1.29 is 18.6 Å². The number of aliphatic hydroxyl groups is 1. The molecule has 1 fully saturated rings. The molecule has 1 aliphatic heterocycles. The van der Waals surface area contributed by atoms with E-state index in [0.717, 1.165) is 30.9 Å². The zero-order valence-electron chi connectivity index (χ0n) is 18.6. The Morgan fingerprint density at radius 1 is 1.35 bits per heavy atom. The quantitative estimate of drug-likeness (QED) is 0.450. The minimum absolute atomic E-state index is 0.0756. The summed E-state index contributed by atoms with van der Waals surface area (Å²) in [5.74, 6) is -1.02. The van der Waals surface area contributed by atoms with Gasteiger partial charge in [0.1, 0.15) is 17.1 Å². The predicted octanol–water partition coefficient (Wildman–Crippen LogP) is 2.30. The van der Waals surface area contributed by atoms with E-state index in [4.69, 9.17) is 15.7 Å². The van der Waals surface area contributed by atoms with Crippen molar-refractivity contribution in [2.75, 3.05) is 19.7 Å². The highest BCUT2D eigenvalue weighted by atomic mass is 19.1. The molecule has 1 unspecified atom stereocenters. The Morgan fingerprint density at radius 2 is 2.12 bits per heavy atom. The number of nitrogens with two attached hydrogens (primary N) is 1. The number of likely N-dealkylation sites (tertiary alicyclic amines) is 1. The van der Waals surface area contributed by atoms with Crippen LogP contribution in [0.15, 0.2) is 42.5 Å². The van der Waals surface area contributed by atoms with E-state index in [1.807, 2.05) is 6.92 Å². The number of nitrogens with one attached hydrogen (secondary N) is 1. The lowest BCUT2D eigenvalue weighted by molar-refractivity contribution is 0.114. The number of hydrogen-bond donors (Lipinski definition) is 3. The van der Waals surface area contributed by atoms with Crippen molar-refractivity contribution in [1.82, 2.24) is 24.8 Å². The molecule has 4 rings (SSSR count). The second-order valence-electron chi connectivity index (χ2n) is 8.11. The maximum Gasteiger partial charge on any atom is 0.179 e. The fraction of sp³-hybridized carbons (Fsp3) is 0.348. The van der Waals surface area contributed by atoms with Crippen molar-refractivity contribution in [2.24, 2.45) is 5.73 Å². The van der Waals surface area contributed by atoms with Gasteiger partial charge in [0.2, 0.25) is 0 Å². The van der Waals surface area contributed by atoms with E-state index in [0.29, 0.717) is 24.4 Å². The molecule has 0 bridgehead atoms. The standard InChI is InChI=1S/C23H25F2N7O2/c1-14(30-17-4-6-31(13-26)7-5-17)22(27)15-8-20(23-18(25)10-29-32(23)11-15)34-21(12-33)19-3-2-16(24)9-28-19/h2-3,8-11,17,21,30,33H,4-7,12,27H2,1H3/b22-14-. The highest BCUT2D eigenvalue weighted by molar-refractivity contribution is 5.71. The molecule has 4 heterocycles. The van der Waals surface area contributed by atoms with Crippen LogP contribution in [0.1, 0.15) is 37.1 Å². The lowest BCUT2D eigenvalue weighted by Gasteiger charge is -2.30. The first-order valence-corrected chi connectivity index (χ1v) is 10.8. The Hall–Kier alpha value is -3.91. The summed E-state index contributed by atoms with van der Waals surface area (Å²) in [4.78, 5) is 5.67. The van der Waals surface area contributed by atoms with E-state index in [2.05, 4.69) is 21.6 Å². The van der Waals surface area contributed by atoms with Gasteiger partial charge in [0.05, 0.1) is 30.4 Å². The van der Waals surface area contributed by atoms with E-state index >= 15 is 0 Å². The van der Waals surface area contributed by atoms with Crippen molar-refractivity contribution >= 4 is 11.2 Å². The van der Waals surface area contributed by atoms with Crippen LogP contribution in [-0.4, -0.2) is 50.3 Å². The second kappa shape index (κ2) is 9.93. The molecule has 3 aromatic heterocycles. The summed E-state index contributed by atoms with van der Waals surface area (Å²) in [6.45, 7) is 2.74. The average Bonchev–Trinajstić information content (AvgIpc) is 3.23.